The van der Waals surface area contributed by atoms with Gasteiger partial charge in [0.15, 0.2) is 0 Å². The Morgan fingerprint density at radius 2 is 1.90 bits per heavy atom. The van der Waals surface area contributed by atoms with Gasteiger partial charge in [-0.15, -0.1) is 0 Å². The highest BCUT2D eigenvalue weighted by molar-refractivity contribution is 5.88. The molecule has 4 heteroatoms. The normalized spacial score (nSPS) is 17.1. The van der Waals surface area contributed by atoms with Crippen LogP contribution in [0.4, 0.5) is 0 Å². The molecular weight excluding hydrogens is 254 g/mol. The molecule has 110 valence electrons. The van der Waals surface area contributed by atoms with Crippen LogP contribution in [-0.2, 0) is 14.9 Å². The zero-order valence-corrected chi connectivity index (χ0v) is 11.8. The highest BCUT2D eigenvalue weighted by Crippen LogP contribution is 2.41. The second kappa shape index (κ2) is 7.41. The molecule has 4 nitrogen and oxygen atoms in total. The Morgan fingerprint density at radius 1 is 1.20 bits per heavy atom. The van der Waals surface area contributed by atoms with Crippen molar-refractivity contribution in [3.05, 3.63) is 35.9 Å². The van der Waals surface area contributed by atoms with Crippen LogP contribution in [0.5, 0.6) is 0 Å². The van der Waals surface area contributed by atoms with E-state index in [9.17, 15) is 4.79 Å². The van der Waals surface area contributed by atoms with Crippen molar-refractivity contribution in [2.45, 2.75) is 31.1 Å². The van der Waals surface area contributed by atoms with Crippen LogP contribution in [0.1, 0.15) is 31.2 Å². The Kier molecular flexibility index (Phi) is 5.56. The lowest BCUT2D eigenvalue weighted by molar-refractivity contribution is -0.126. The lowest BCUT2D eigenvalue weighted by Gasteiger charge is -2.28. The van der Waals surface area contributed by atoms with Gasteiger partial charge in [-0.2, -0.15) is 0 Å². The first-order valence-corrected chi connectivity index (χ1v) is 7.32. The molecule has 20 heavy (non-hydrogen) atoms. The molecule has 1 fully saturated rings. The maximum atomic E-state index is 12.6. The van der Waals surface area contributed by atoms with Gasteiger partial charge in [0.25, 0.3) is 0 Å². The van der Waals surface area contributed by atoms with Crippen molar-refractivity contribution in [3.8, 4) is 0 Å². The summed E-state index contributed by atoms with van der Waals surface area (Å²) in [7, 11) is 0. The van der Waals surface area contributed by atoms with Crippen LogP contribution >= 0.6 is 0 Å². The minimum Gasteiger partial charge on any atom is -0.394 e. The first-order chi connectivity index (χ1) is 9.79. The van der Waals surface area contributed by atoms with Gasteiger partial charge >= 0.3 is 0 Å². The van der Waals surface area contributed by atoms with E-state index in [0.717, 1.165) is 31.2 Å². The Bertz CT molecular complexity index is 413. The topological polar surface area (TPSA) is 58.6 Å². The maximum absolute atomic E-state index is 12.6. The van der Waals surface area contributed by atoms with Crippen LogP contribution < -0.4 is 5.32 Å². The Labute approximate surface area is 120 Å². The van der Waals surface area contributed by atoms with Crippen LogP contribution in [-0.4, -0.2) is 37.4 Å². The molecule has 0 aromatic heterocycles. The number of hydrogen-bond donors (Lipinski definition) is 2. The predicted molar refractivity (Wildman–Crippen MR) is 77.5 cm³/mol. The molecule has 1 saturated carbocycles. The first-order valence-electron chi connectivity index (χ1n) is 7.32. The van der Waals surface area contributed by atoms with Crippen molar-refractivity contribution in [2.75, 3.05) is 26.4 Å². The van der Waals surface area contributed by atoms with Crippen molar-refractivity contribution in [1.82, 2.24) is 5.32 Å². The molecule has 1 aromatic rings. The van der Waals surface area contributed by atoms with E-state index < -0.39 is 0 Å². The smallest absolute Gasteiger partial charge is 0.230 e. The standard InChI is InChI=1S/C16H23NO3/c18-11-13-20-12-10-17-15(19)16(8-4-5-9-16)14-6-2-1-3-7-14/h1-3,6-7,18H,4-5,8-13H2,(H,17,19). The Balaban J connectivity index is 1.96. The lowest BCUT2D eigenvalue weighted by Crippen LogP contribution is -2.43. The summed E-state index contributed by atoms with van der Waals surface area (Å²) >= 11 is 0. The van der Waals surface area contributed by atoms with Crippen molar-refractivity contribution in [3.63, 3.8) is 0 Å². The Hall–Kier alpha value is -1.39. The molecule has 0 radical (unpaired) electrons. The van der Waals surface area contributed by atoms with Crippen molar-refractivity contribution >= 4 is 5.91 Å². The molecule has 0 bridgehead atoms. The summed E-state index contributed by atoms with van der Waals surface area (Å²) < 4.78 is 5.17. The van der Waals surface area contributed by atoms with Gasteiger partial charge in [-0.3, -0.25) is 4.79 Å². The molecule has 2 rings (SSSR count). The number of aliphatic hydroxyl groups excluding tert-OH is 1. The third kappa shape index (κ3) is 3.38. The third-order valence-corrected chi connectivity index (χ3v) is 3.99. The lowest BCUT2D eigenvalue weighted by atomic mass is 9.78. The fraction of sp³-hybridized carbons (Fsp3) is 0.562. The molecule has 0 saturated heterocycles. The van der Waals surface area contributed by atoms with E-state index >= 15 is 0 Å². The van der Waals surface area contributed by atoms with Crippen LogP contribution in [0.15, 0.2) is 30.3 Å². The second-order valence-corrected chi connectivity index (χ2v) is 5.25. The summed E-state index contributed by atoms with van der Waals surface area (Å²) in [5.41, 5.74) is 0.754. The molecule has 1 aromatic carbocycles. The van der Waals surface area contributed by atoms with Gasteiger partial charge in [0.2, 0.25) is 5.91 Å². The summed E-state index contributed by atoms with van der Waals surface area (Å²) in [4.78, 5) is 12.6. The number of nitrogens with one attached hydrogen (secondary N) is 1. The monoisotopic (exact) mass is 277 g/mol. The van der Waals surface area contributed by atoms with E-state index in [1.54, 1.807) is 0 Å². The summed E-state index contributed by atoms with van der Waals surface area (Å²) in [5, 5.41) is 11.6. The molecule has 2 N–H and O–H groups in total. The van der Waals surface area contributed by atoms with Crippen LogP contribution in [0.25, 0.3) is 0 Å². The van der Waals surface area contributed by atoms with Gasteiger partial charge in [-0.05, 0) is 18.4 Å². The number of hydrogen-bond acceptors (Lipinski definition) is 3. The number of carbonyl (C=O) groups is 1. The van der Waals surface area contributed by atoms with Crippen molar-refractivity contribution in [1.29, 1.82) is 0 Å². The van der Waals surface area contributed by atoms with E-state index in [1.807, 2.05) is 30.3 Å². The molecule has 1 aliphatic carbocycles. The molecular formula is C16H23NO3. The Morgan fingerprint density at radius 3 is 2.55 bits per heavy atom. The zero-order chi connectivity index (χ0) is 14.3. The highest BCUT2D eigenvalue weighted by atomic mass is 16.5. The predicted octanol–water partition coefficient (Wildman–Crippen LogP) is 1.62. The van der Waals surface area contributed by atoms with E-state index in [1.165, 1.54) is 0 Å². The third-order valence-electron chi connectivity index (χ3n) is 3.99. The number of ether oxygens (including phenoxy) is 1. The van der Waals surface area contributed by atoms with Gasteiger partial charge in [0.1, 0.15) is 0 Å². The zero-order valence-electron chi connectivity index (χ0n) is 11.8. The van der Waals surface area contributed by atoms with Gasteiger partial charge < -0.3 is 15.2 Å². The number of carbonyl (C=O) groups excluding carboxylic acids is 1. The van der Waals surface area contributed by atoms with E-state index in [2.05, 4.69) is 5.32 Å². The number of benzene rings is 1. The van der Waals surface area contributed by atoms with Crippen LogP contribution in [0.2, 0.25) is 0 Å². The largest absolute Gasteiger partial charge is 0.394 e. The van der Waals surface area contributed by atoms with E-state index in [0.29, 0.717) is 19.8 Å². The highest BCUT2D eigenvalue weighted by Gasteiger charge is 2.42. The quantitative estimate of drug-likeness (QED) is 0.745. The summed E-state index contributed by atoms with van der Waals surface area (Å²) in [6.45, 7) is 1.27. The molecule has 0 unspecified atom stereocenters. The summed E-state index contributed by atoms with van der Waals surface area (Å²) in [5.74, 6) is 0.105. The van der Waals surface area contributed by atoms with Crippen LogP contribution in [0.3, 0.4) is 0 Å². The SMILES string of the molecule is O=C(NCCOCCO)C1(c2ccccc2)CCCC1. The molecule has 0 atom stereocenters. The molecule has 0 heterocycles. The number of amides is 1. The summed E-state index contributed by atoms with van der Waals surface area (Å²) in [6, 6.07) is 10.1. The van der Waals surface area contributed by atoms with Gasteiger partial charge in [-0.25, -0.2) is 0 Å². The number of aliphatic hydroxyl groups is 1. The second-order valence-electron chi connectivity index (χ2n) is 5.25. The van der Waals surface area contributed by atoms with Crippen LogP contribution in [0, 0.1) is 0 Å². The van der Waals surface area contributed by atoms with Gasteiger partial charge in [0.05, 0.1) is 25.2 Å². The van der Waals surface area contributed by atoms with Gasteiger partial charge in [0, 0.05) is 6.54 Å². The molecule has 0 spiro atoms. The average molecular weight is 277 g/mol. The fourth-order valence-corrected chi connectivity index (χ4v) is 2.96. The maximum Gasteiger partial charge on any atom is 0.230 e. The summed E-state index contributed by atoms with van der Waals surface area (Å²) in [6.07, 6.45) is 4.04. The fourth-order valence-electron chi connectivity index (χ4n) is 2.96. The van der Waals surface area contributed by atoms with Crippen molar-refractivity contribution in [2.24, 2.45) is 0 Å². The van der Waals surface area contributed by atoms with E-state index in [-0.39, 0.29) is 17.9 Å². The average Bonchev–Trinajstić information content (AvgIpc) is 2.99. The minimum absolute atomic E-state index is 0.0158. The molecule has 1 amide bonds. The minimum atomic E-state index is -0.363. The molecule has 0 aliphatic heterocycles. The molecule has 1 aliphatic rings. The van der Waals surface area contributed by atoms with Gasteiger partial charge in [-0.1, -0.05) is 43.2 Å². The number of rotatable bonds is 7. The van der Waals surface area contributed by atoms with Crippen molar-refractivity contribution < 1.29 is 14.6 Å². The first kappa shape index (κ1) is 15.0. The van der Waals surface area contributed by atoms with E-state index in [4.69, 9.17) is 9.84 Å².